The number of hydrogen-bond acceptors (Lipinski definition) is 4. The number of piperazine rings is 1. The van der Waals surface area contributed by atoms with E-state index in [0.29, 0.717) is 23.5 Å². The van der Waals surface area contributed by atoms with Crippen LogP contribution in [-0.2, 0) is 4.74 Å². The number of hydrogen-bond donors (Lipinski definition) is 1. The Kier molecular flexibility index (Phi) is 5.90. The van der Waals surface area contributed by atoms with Crippen LogP contribution >= 0.6 is 35.3 Å². The third kappa shape index (κ3) is 3.27. The van der Waals surface area contributed by atoms with E-state index in [0.717, 1.165) is 45.3 Å². The Morgan fingerprint density at radius 3 is 2.78 bits per heavy atom. The zero-order valence-corrected chi connectivity index (χ0v) is 19.2. The summed E-state index contributed by atoms with van der Waals surface area (Å²) in [5.41, 5.74) is 0.411. The fraction of sp³-hybridized carbons (Fsp3) is 0.750. The van der Waals surface area contributed by atoms with Gasteiger partial charge in [-0.15, -0.1) is 35.3 Å². The molecule has 3 unspecified atom stereocenters. The van der Waals surface area contributed by atoms with Crippen LogP contribution in [0.15, 0.2) is 22.5 Å². The van der Waals surface area contributed by atoms with Gasteiger partial charge in [-0.25, -0.2) is 0 Å². The molecular weight excluding hydrogens is 471 g/mol. The topological polar surface area (TPSA) is 40.1 Å². The van der Waals surface area contributed by atoms with E-state index in [1.54, 1.807) is 0 Å². The van der Waals surface area contributed by atoms with Gasteiger partial charge in [0.25, 0.3) is 0 Å². The Morgan fingerprint density at radius 2 is 2.15 bits per heavy atom. The molecule has 2 aliphatic carbocycles. The van der Waals surface area contributed by atoms with Gasteiger partial charge in [0.2, 0.25) is 0 Å². The zero-order valence-electron chi connectivity index (χ0n) is 16.1. The first-order valence-electron chi connectivity index (χ1n) is 10.3. The molecule has 7 heteroatoms. The van der Waals surface area contributed by atoms with E-state index >= 15 is 0 Å². The summed E-state index contributed by atoms with van der Waals surface area (Å²) in [6.45, 7) is 8.20. The second-order valence-electron chi connectivity index (χ2n) is 8.18. The Balaban J connectivity index is 0.00000180. The minimum absolute atomic E-state index is 0. The quantitative estimate of drug-likeness (QED) is 0.391. The second kappa shape index (κ2) is 8.06. The van der Waals surface area contributed by atoms with Gasteiger partial charge >= 0.3 is 0 Å². The molecule has 4 aliphatic rings. The lowest BCUT2D eigenvalue weighted by atomic mass is 9.46. The molecule has 1 spiro atoms. The predicted octanol–water partition coefficient (Wildman–Crippen LogP) is 3.41. The molecule has 5 nitrogen and oxygen atoms in total. The van der Waals surface area contributed by atoms with Crippen molar-refractivity contribution in [1.29, 1.82) is 0 Å². The lowest BCUT2D eigenvalue weighted by Crippen LogP contribution is -2.73. The maximum absolute atomic E-state index is 6.08. The van der Waals surface area contributed by atoms with Crippen LogP contribution in [0.25, 0.3) is 0 Å². The van der Waals surface area contributed by atoms with Gasteiger partial charge in [-0.1, -0.05) is 6.42 Å². The van der Waals surface area contributed by atoms with E-state index < -0.39 is 0 Å². The van der Waals surface area contributed by atoms with E-state index in [1.165, 1.54) is 30.7 Å². The maximum atomic E-state index is 6.08. The number of guanidine groups is 1. The van der Waals surface area contributed by atoms with Crippen molar-refractivity contribution in [3.8, 4) is 0 Å². The number of halogens is 1. The summed E-state index contributed by atoms with van der Waals surface area (Å²) in [4.78, 5) is 9.85. The molecule has 1 aromatic rings. The van der Waals surface area contributed by atoms with E-state index in [-0.39, 0.29) is 24.0 Å². The summed E-state index contributed by atoms with van der Waals surface area (Å²) in [5, 5.41) is 7.48. The summed E-state index contributed by atoms with van der Waals surface area (Å²) in [6, 6.07) is 4.95. The molecule has 3 atom stereocenters. The monoisotopic (exact) mass is 502 g/mol. The van der Waals surface area contributed by atoms with Crippen molar-refractivity contribution >= 4 is 46.3 Å². The highest BCUT2D eigenvalue weighted by Gasteiger charge is 2.66. The molecule has 4 fully saturated rings. The van der Waals surface area contributed by atoms with Crippen molar-refractivity contribution in [2.24, 2.45) is 16.3 Å². The summed E-state index contributed by atoms with van der Waals surface area (Å²) in [6.07, 6.45) is 5.77. The molecule has 5 rings (SSSR count). The van der Waals surface area contributed by atoms with Gasteiger partial charge < -0.3 is 19.9 Å². The van der Waals surface area contributed by atoms with Crippen LogP contribution < -0.4 is 10.2 Å². The number of nitrogens with one attached hydrogen (secondary N) is 1. The van der Waals surface area contributed by atoms with Gasteiger partial charge in [0.15, 0.2) is 5.96 Å². The van der Waals surface area contributed by atoms with Gasteiger partial charge in [-0.3, -0.25) is 4.99 Å². The Bertz CT molecular complexity index is 655. The molecule has 2 saturated heterocycles. The normalized spacial score (nSPS) is 31.7. The number of rotatable bonds is 3. The van der Waals surface area contributed by atoms with Crippen LogP contribution in [0.1, 0.15) is 32.6 Å². The van der Waals surface area contributed by atoms with Crippen molar-refractivity contribution < 1.29 is 4.74 Å². The van der Waals surface area contributed by atoms with Crippen molar-refractivity contribution in [2.75, 3.05) is 44.2 Å². The van der Waals surface area contributed by atoms with Crippen LogP contribution in [-0.4, -0.2) is 62.3 Å². The molecule has 0 radical (unpaired) electrons. The minimum atomic E-state index is 0. The number of anilines is 1. The van der Waals surface area contributed by atoms with Crippen LogP contribution in [0.4, 0.5) is 5.00 Å². The molecular formula is C20H31IN4OS. The zero-order chi connectivity index (χ0) is 17.6. The number of thiophene rings is 1. The lowest BCUT2D eigenvalue weighted by Gasteiger charge is -2.63. The van der Waals surface area contributed by atoms with Crippen LogP contribution in [0.5, 0.6) is 0 Å². The van der Waals surface area contributed by atoms with Crippen molar-refractivity contribution in [2.45, 2.75) is 44.8 Å². The highest BCUT2D eigenvalue weighted by molar-refractivity contribution is 14.0. The number of fused-ring (bicyclic) bond motifs is 2. The summed E-state index contributed by atoms with van der Waals surface area (Å²) < 4.78 is 6.08. The highest BCUT2D eigenvalue weighted by Crippen LogP contribution is 2.62. The van der Waals surface area contributed by atoms with Gasteiger partial charge in [0.05, 0.1) is 11.1 Å². The predicted molar refractivity (Wildman–Crippen MR) is 123 cm³/mol. The lowest BCUT2D eigenvalue weighted by molar-refractivity contribution is -0.171. The van der Waals surface area contributed by atoms with E-state index in [4.69, 9.17) is 9.73 Å². The van der Waals surface area contributed by atoms with Gasteiger partial charge in [-0.2, -0.15) is 0 Å². The van der Waals surface area contributed by atoms with Gasteiger partial charge in [0.1, 0.15) is 0 Å². The molecule has 1 N–H and O–H groups in total. The third-order valence-electron chi connectivity index (χ3n) is 7.03. The van der Waals surface area contributed by atoms with Crippen LogP contribution in [0, 0.1) is 11.3 Å². The summed E-state index contributed by atoms with van der Waals surface area (Å²) in [7, 11) is 0. The van der Waals surface area contributed by atoms with Gasteiger partial charge in [0, 0.05) is 56.7 Å². The molecule has 0 aromatic carbocycles. The smallest absolute Gasteiger partial charge is 0.194 e. The average Bonchev–Trinajstić information content (AvgIpc) is 3.28. The molecule has 0 amide bonds. The third-order valence-corrected chi connectivity index (χ3v) is 7.95. The Hall–Kier alpha value is -0.540. The molecule has 2 saturated carbocycles. The van der Waals surface area contributed by atoms with Crippen molar-refractivity contribution in [3.05, 3.63) is 17.5 Å². The molecule has 0 bridgehead atoms. The first-order valence-corrected chi connectivity index (χ1v) is 11.2. The molecule has 3 heterocycles. The van der Waals surface area contributed by atoms with Crippen molar-refractivity contribution in [3.63, 3.8) is 0 Å². The minimum Gasteiger partial charge on any atom is -0.377 e. The summed E-state index contributed by atoms with van der Waals surface area (Å²) in [5.74, 6) is 1.84. The van der Waals surface area contributed by atoms with Crippen LogP contribution in [0.2, 0.25) is 0 Å². The Labute approximate surface area is 183 Å². The second-order valence-corrected chi connectivity index (χ2v) is 9.10. The fourth-order valence-corrected chi connectivity index (χ4v) is 6.36. The van der Waals surface area contributed by atoms with Gasteiger partial charge in [-0.05, 0) is 43.7 Å². The van der Waals surface area contributed by atoms with Crippen LogP contribution in [0.3, 0.4) is 0 Å². The molecule has 1 aromatic heterocycles. The number of nitrogens with zero attached hydrogens (tertiary/aromatic N) is 3. The first kappa shape index (κ1) is 19.8. The largest absolute Gasteiger partial charge is 0.377 e. The average molecular weight is 502 g/mol. The molecule has 27 heavy (non-hydrogen) atoms. The fourth-order valence-electron chi connectivity index (χ4n) is 5.57. The SMILES string of the molecule is CCN=C(NC1C2CCOC2C12CCC2)N1CCN(c2cccs2)CC1.I. The first-order chi connectivity index (χ1) is 12.8. The standard InChI is InChI=1S/C20H30N4OS.HI/c1-2-21-19(24-11-9-23(10-12-24)16-5-3-14-26-16)22-17-15-6-13-25-18(15)20(17)7-4-8-20;/h3,5,14-15,17-18H,2,4,6-13H2,1H3,(H,21,22);1H. The van der Waals surface area contributed by atoms with E-state index in [9.17, 15) is 0 Å². The maximum Gasteiger partial charge on any atom is 0.194 e. The Morgan fingerprint density at radius 1 is 1.33 bits per heavy atom. The van der Waals surface area contributed by atoms with E-state index in [1.807, 2.05) is 11.3 Å². The molecule has 2 aliphatic heterocycles. The molecule has 150 valence electrons. The number of aliphatic imine (C=N–C) groups is 1. The van der Waals surface area contributed by atoms with Crippen molar-refractivity contribution in [1.82, 2.24) is 10.2 Å². The number of ether oxygens (including phenoxy) is 1. The highest BCUT2D eigenvalue weighted by atomic mass is 127. The van der Waals surface area contributed by atoms with E-state index in [2.05, 4.69) is 39.6 Å². The summed E-state index contributed by atoms with van der Waals surface area (Å²) >= 11 is 1.84.